The second-order valence-corrected chi connectivity index (χ2v) is 8.75. The maximum atomic E-state index is 13.3. The number of benzene rings is 3. The van der Waals surface area contributed by atoms with Gasteiger partial charge in [0.2, 0.25) is 11.8 Å². The molecule has 34 heavy (non-hydrogen) atoms. The zero-order chi connectivity index (χ0) is 23.5. The number of methoxy groups -OCH3 is 1. The van der Waals surface area contributed by atoms with Gasteiger partial charge >= 0.3 is 0 Å². The summed E-state index contributed by atoms with van der Waals surface area (Å²) < 4.78 is 10.8. The fourth-order valence-corrected chi connectivity index (χ4v) is 4.72. The molecule has 5 rings (SSSR count). The van der Waals surface area contributed by atoms with Crippen LogP contribution in [-0.2, 0) is 11.2 Å². The van der Waals surface area contributed by atoms with Crippen molar-refractivity contribution in [3.05, 3.63) is 102 Å². The van der Waals surface area contributed by atoms with E-state index in [0.29, 0.717) is 5.89 Å². The lowest BCUT2D eigenvalue weighted by Crippen LogP contribution is -2.55. The number of β-lactam (4-membered cyclic amide) rings is 1. The Bertz CT molecular complexity index is 1250. The minimum atomic E-state index is -0.0411. The van der Waals surface area contributed by atoms with Gasteiger partial charge in [-0.25, -0.2) is 4.98 Å². The van der Waals surface area contributed by atoms with Crippen molar-refractivity contribution in [1.29, 1.82) is 0 Å². The Morgan fingerprint density at radius 2 is 1.71 bits per heavy atom. The van der Waals surface area contributed by atoms with E-state index in [1.165, 1.54) is 5.56 Å². The number of rotatable bonds is 8. The minimum absolute atomic E-state index is 0.00276. The van der Waals surface area contributed by atoms with Gasteiger partial charge in [0.15, 0.2) is 0 Å². The first-order valence-electron chi connectivity index (χ1n) is 11.7. The number of hydrogen-bond acceptors (Lipinski definition) is 4. The van der Waals surface area contributed by atoms with E-state index in [-0.39, 0.29) is 17.9 Å². The topological polar surface area (TPSA) is 55.6 Å². The first-order valence-corrected chi connectivity index (χ1v) is 11.7. The van der Waals surface area contributed by atoms with Crippen LogP contribution in [0.25, 0.3) is 11.5 Å². The Kier molecular flexibility index (Phi) is 6.17. The molecule has 1 aliphatic rings. The Morgan fingerprint density at radius 3 is 2.35 bits per heavy atom. The third-order valence-corrected chi connectivity index (χ3v) is 6.51. The first kappa shape index (κ1) is 22.0. The summed E-state index contributed by atoms with van der Waals surface area (Å²) in [4.78, 5) is 19.6. The molecule has 1 aromatic heterocycles. The molecule has 0 bridgehead atoms. The van der Waals surface area contributed by atoms with Gasteiger partial charge in [0.1, 0.15) is 12.0 Å². The number of amides is 1. The van der Waals surface area contributed by atoms with E-state index in [0.717, 1.165) is 47.5 Å². The smallest absolute Gasteiger partial charge is 0.233 e. The molecule has 1 aliphatic heterocycles. The fourth-order valence-electron chi connectivity index (χ4n) is 4.72. The van der Waals surface area contributed by atoms with Gasteiger partial charge in [-0.2, -0.15) is 0 Å². The fraction of sp³-hybridized carbons (Fsp3) is 0.241. The zero-order valence-corrected chi connectivity index (χ0v) is 19.5. The molecule has 0 N–H and O–H groups in total. The van der Waals surface area contributed by atoms with Crippen molar-refractivity contribution in [1.82, 2.24) is 4.98 Å². The number of carbonyl (C=O) groups is 1. The van der Waals surface area contributed by atoms with E-state index in [4.69, 9.17) is 9.15 Å². The third kappa shape index (κ3) is 4.34. The van der Waals surface area contributed by atoms with Crippen LogP contribution in [0.3, 0.4) is 0 Å². The van der Waals surface area contributed by atoms with E-state index >= 15 is 0 Å². The summed E-state index contributed by atoms with van der Waals surface area (Å²) in [7, 11) is 1.65. The minimum Gasteiger partial charge on any atom is -0.497 e. The van der Waals surface area contributed by atoms with E-state index in [2.05, 4.69) is 41.4 Å². The summed E-state index contributed by atoms with van der Waals surface area (Å²) in [6, 6.07) is 26.4. The second-order valence-electron chi connectivity index (χ2n) is 8.75. The molecule has 4 aromatic rings. The standard InChI is InChI=1S/C29H28N2O3/c1-20-19-34-28(30-20)23-13-11-22(12-14-23)27-26(10-6-9-21-7-4-3-5-8-21)29(32)31(27)24-15-17-25(33-2)18-16-24/h3-5,7-8,11-19,26-27H,6,9-10H2,1-2H3. The molecule has 172 valence electrons. The van der Waals surface area contributed by atoms with Crippen molar-refractivity contribution >= 4 is 11.6 Å². The molecule has 5 nitrogen and oxygen atoms in total. The molecule has 3 aromatic carbocycles. The predicted molar refractivity (Wildman–Crippen MR) is 133 cm³/mol. The Balaban J connectivity index is 1.38. The molecule has 2 heterocycles. The van der Waals surface area contributed by atoms with Crippen molar-refractivity contribution in [3.63, 3.8) is 0 Å². The molecule has 2 unspecified atom stereocenters. The highest BCUT2D eigenvalue weighted by molar-refractivity contribution is 6.03. The molecular formula is C29H28N2O3. The van der Waals surface area contributed by atoms with E-state index in [1.807, 2.05) is 54.3 Å². The highest BCUT2D eigenvalue weighted by Crippen LogP contribution is 2.46. The lowest BCUT2D eigenvalue weighted by molar-refractivity contribution is -0.130. The van der Waals surface area contributed by atoms with Crippen LogP contribution in [0.1, 0.15) is 35.7 Å². The van der Waals surface area contributed by atoms with Crippen LogP contribution in [0.4, 0.5) is 5.69 Å². The third-order valence-electron chi connectivity index (χ3n) is 6.51. The van der Waals surface area contributed by atoms with Gasteiger partial charge in [-0.05, 0) is 73.7 Å². The lowest BCUT2D eigenvalue weighted by atomic mass is 9.78. The summed E-state index contributed by atoms with van der Waals surface area (Å²) in [6.45, 7) is 1.91. The molecule has 0 spiro atoms. The van der Waals surface area contributed by atoms with Crippen LogP contribution in [0, 0.1) is 12.8 Å². The van der Waals surface area contributed by atoms with E-state index < -0.39 is 0 Å². The zero-order valence-electron chi connectivity index (χ0n) is 19.5. The number of hydrogen-bond donors (Lipinski definition) is 0. The number of ether oxygens (including phenoxy) is 1. The number of anilines is 1. The molecule has 5 heteroatoms. The number of aryl methyl sites for hydroxylation is 2. The molecule has 0 aliphatic carbocycles. The average molecular weight is 453 g/mol. The van der Waals surface area contributed by atoms with Crippen LogP contribution in [0.2, 0.25) is 0 Å². The molecular weight excluding hydrogens is 424 g/mol. The van der Waals surface area contributed by atoms with Gasteiger partial charge in [-0.15, -0.1) is 0 Å². The van der Waals surface area contributed by atoms with Gasteiger partial charge in [0.05, 0.1) is 24.8 Å². The number of carbonyl (C=O) groups excluding carboxylic acids is 1. The average Bonchev–Trinajstić information content (AvgIpc) is 3.32. The quantitative estimate of drug-likeness (QED) is 0.291. The van der Waals surface area contributed by atoms with Crippen molar-refractivity contribution in [3.8, 4) is 17.2 Å². The predicted octanol–water partition coefficient (Wildman–Crippen LogP) is 6.39. The summed E-state index contributed by atoms with van der Waals surface area (Å²) >= 11 is 0. The molecule has 0 radical (unpaired) electrons. The maximum Gasteiger partial charge on any atom is 0.233 e. The second kappa shape index (κ2) is 9.56. The Morgan fingerprint density at radius 1 is 0.971 bits per heavy atom. The highest BCUT2D eigenvalue weighted by Gasteiger charge is 2.48. The van der Waals surface area contributed by atoms with Crippen LogP contribution in [-0.4, -0.2) is 18.0 Å². The van der Waals surface area contributed by atoms with Crippen LogP contribution >= 0.6 is 0 Å². The summed E-state index contributed by atoms with van der Waals surface area (Å²) in [5, 5.41) is 0. The monoisotopic (exact) mass is 452 g/mol. The van der Waals surface area contributed by atoms with Crippen molar-refractivity contribution < 1.29 is 13.9 Å². The van der Waals surface area contributed by atoms with Gasteiger partial charge in [-0.1, -0.05) is 42.5 Å². The number of aromatic nitrogens is 1. The Labute approximate surface area is 200 Å². The van der Waals surface area contributed by atoms with Gasteiger partial charge < -0.3 is 14.1 Å². The summed E-state index contributed by atoms with van der Waals surface area (Å²) in [6.07, 6.45) is 4.46. The molecule has 1 amide bonds. The van der Waals surface area contributed by atoms with Crippen molar-refractivity contribution in [2.24, 2.45) is 5.92 Å². The summed E-state index contributed by atoms with van der Waals surface area (Å²) in [5.41, 5.74) is 5.10. The van der Waals surface area contributed by atoms with Crippen LogP contribution in [0.5, 0.6) is 5.75 Å². The van der Waals surface area contributed by atoms with Crippen molar-refractivity contribution in [2.75, 3.05) is 12.0 Å². The van der Waals surface area contributed by atoms with E-state index in [1.54, 1.807) is 13.4 Å². The molecule has 0 saturated carbocycles. The van der Waals surface area contributed by atoms with Crippen LogP contribution < -0.4 is 9.64 Å². The largest absolute Gasteiger partial charge is 0.497 e. The summed E-state index contributed by atoms with van der Waals surface area (Å²) in [5.74, 6) is 1.52. The van der Waals surface area contributed by atoms with E-state index in [9.17, 15) is 4.79 Å². The molecule has 1 fully saturated rings. The maximum absolute atomic E-state index is 13.3. The van der Waals surface area contributed by atoms with Gasteiger partial charge in [0.25, 0.3) is 0 Å². The number of nitrogens with zero attached hydrogens (tertiary/aromatic N) is 2. The van der Waals surface area contributed by atoms with Crippen LogP contribution in [0.15, 0.2) is 89.5 Å². The molecule has 1 saturated heterocycles. The Hall–Kier alpha value is -3.86. The highest BCUT2D eigenvalue weighted by atomic mass is 16.5. The van der Waals surface area contributed by atoms with Crippen molar-refractivity contribution in [2.45, 2.75) is 32.2 Å². The normalized spacial score (nSPS) is 17.5. The SMILES string of the molecule is COc1ccc(N2C(=O)C(CCCc3ccccc3)C2c2ccc(-c3nc(C)co3)cc2)cc1. The lowest BCUT2D eigenvalue weighted by Gasteiger charge is -2.47. The van der Waals surface area contributed by atoms with Gasteiger partial charge in [0, 0.05) is 11.3 Å². The number of oxazole rings is 1. The van der Waals surface area contributed by atoms with Gasteiger partial charge in [-0.3, -0.25) is 4.79 Å². The molecule has 2 atom stereocenters. The first-order chi connectivity index (χ1) is 16.6.